The van der Waals surface area contributed by atoms with Crippen LogP contribution in [0.2, 0.25) is 5.02 Å². The normalized spacial score (nSPS) is 11.1. The minimum atomic E-state index is -0.609. The summed E-state index contributed by atoms with van der Waals surface area (Å²) >= 11 is 6.50. The Balaban J connectivity index is 2.67. The average molecular weight is 413 g/mol. The Morgan fingerprint density at radius 1 is 1.14 bits per heavy atom. The van der Waals surface area contributed by atoms with Crippen molar-refractivity contribution < 1.29 is 30.0 Å². The van der Waals surface area contributed by atoms with Crippen LogP contribution in [0.5, 0.6) is 0 Å². The zero-order valence-electron chi connectivity index (χ0n) is 15.6. The molecule has 0 amide bonds. The molecule has 0 atom stereocenters. The van der Waals surface area contributed by atoms with Gasteiger partial charge in [0.05, 0.1) is 38.1 Å². The topological polar surface area (TPSA) is 135 Å². The molecule has 0 aliphatic heterocycles. The van der Waals surface area contributed by atoms with Crippen molar-refractivity contribution in [1.82, 2.24) is 10.3 Å². The van der Waals surface area contributed by atoms with Crippen molar-refractivity contribution in [3.05, 3.63) is 45.2 Å². The second-order valence-electron chi connectivity index (χ2n) is 5.99. The lowest BCUT2D eigenvalue weighted by atomic mass is 9.92. The lowest BCUT2D eigenvalue weighted by molar-refractivity contribution is 0.0520. The molecule has 0 unspecified atom stereocenters. The van der Waals surface area contributed by atoms with Crippen LogP contribution in [0.3, 0.4) is 0 Å². The maximum Gasteiger partial charge on any atom is 0.356 e. The van der Waals surface area contributed by atoms with Crippen molar-refractivity contribution in [2.24, 2.45) is 0 Å². The molecule has 0 saturated heterocycles. The Morgan fingerprint density at radius 2 is 1.86 bits per heavy atom. The predicted octanol–water partition coefficient (Wildman–Crippen LogP) is 1.07. The smallest absolute Gasteiger partial charge is 0.356 e. The number of ether oxygens (including phenoxy) is 1. The van der Waals surface area contributed by atoms with E-state index in [-0.39, 0.29) is 43.7 Å². The number of halogens is 1. The van der Waals surface area contributed by atoms with Crippen molar-refractivity contribution in [2.75, 3.05) is 19.8 Å². The number of nitrogens with one attached hydrogen (secondary N) is 2. The van der Waals surface area contributed by atoms with E-state index in [1.807, 2.05) is 0 Å². The molecule has 1 aromatic carbocycles. The van der Waals surface area contributed by atoms with Crippen LogP contribution in [-0.4, -0.2) is 51.1 Å². The number of esters is 1. The number of H-pyrrole nitrogens is 1. The number of carbonyl (C=O) groups is 1. The van der Waals surface area contributed by atoms with Gasteiger partial charge in [0.15, 0.2) is 0 Å². The fourth-order valence-corrected chi connectivity index (χ4v) is 3.42. The summed E-state index contributed by atoms with van der Waals surface area (Å²) in [5, 5.41) is 41.3. The average Bonchev–Trinajstić information content (AvgIpc) is 3.03. The van der Waals surface area contributed by atoms with Gasteiger partial charge in [-0.25, -0.2) is 4.79 Å². The summed E-state index contributed by atoms with van der Waals surface area (Å²) in [4.78, 5) is 15.2. The van der Waals surface area contributed by atoms with Crippen LogP contribution >= 0.6 is 11.6 Å². The summed E-state index contributed by atoms with van der Waals surface area (Å²) in [6.45, 7) is 1.37. The van der Waals surface area contributed by atoms with Gasteiger partial charge < -0.3 is 35.5 Å². The zero-order valence-corrected chi connectivity index (χ0v) is 16.3. The molecule has 0 aliphatic carbocycles. The monoisotopic (exact) mass is 412 g/mol. The molecule has 0 bridgehead atoms. The molecule has 28 heavy (non-hydrogen) atoms. The third kappa shape index (κ3) is 4.54. The molecule has 1 heterocycles. The fraction of sp³-hybridized carbons (Fsp3) is 0.421. The van der Waals surface area contributed by atoms with Crippen LogP contribution < -0.4 is 5.32 Å². The molecule has 0 radical (unpaired) electrons. The van der Waals surface area contributed by atoms with Gasteiger partial charge in [0.25, 0.3) is 0 Å². The molecule has 1 aromatic heterocycles. The minimum Gasteiger partial charge on any atom is -0.461 e. The number of carbonyl (C=O) groups excluding carboxylic acids is 1. The Kier molecular flexibility index (Phi) is 8.43. The Bertz CT molecular complexity index is 821. The van der Waals surface area contributed by atoms with Crippen LogP contribution in [0.4, 0.5) is 0 Å². The van der Waals surface area contributed by atoms with Gasteiger partial charge in [0.1, 0.15) is 5.69 Å². The maximum atomic E-state index is 12.2. The van der Waals surface area contributed by atoms with Gasteiger partial charge in [-0.3, -0.25) is 0 Å². The fourth-order valence-electron chi connectivity index (χ4n) is 3.08. The predicted molar refractivity (Wildman–Crippen MR) is 104 cm³/mol. The summed E-state index contributed by atoms with van der Waals surface area (Å²) in [6.07, 6.45) is 0. The van der Waals surface area contributed by atoms with Crippen molar-refractivity contribution >= 4 is 17.6 Å². The van der Waals surface area contributed by atoms with E-state index in [9.17, 15) is 20.1 Å². The highest BCUT2D eigenvalue weighted by Gasteiger charge is 2.25. The first-order valence-electron chi connectivity index (χ1n) is 8.89. The number of hydrogen-bond donors (Lipinski definition) is 6. The second-order valence-corrected chi connectivity index (χ2v) is 6.37. The highest BCUT2D eigenvalue weighted by Crippen LogP contribution is 2.38. The van der Waals surface area contributed by atoms with E-state index in [0.29, 0.717) is 40.1 Å². The van der Waals surface area contributed by atoms with E-state index in [1.54, 1.807) is 19.1 Å². The molecule has 6 N–H and O–H groups in total. The van der Waals surface area contributed by atoms with E-state index >= 15 is 0 Å². The molecule has 2 rings (SSSR count). The number of aliphatic hydroxyl groups excluding tert-OH is 4. The van der Waals surface area contributed by atoms with Crippen molar-refractivity contribution in [1.29, 1.82) is 0 Å². The third-order valence-electron chi connectivity index (χ3n) is 4.37. The molecule has 2 aromatic rings. The molecule has 154 valence electrons. The number of benzene rings is 1. The first-order chi connectivity index (χ1) is 13.5. The van der Waals surface area contributed by atoms with Crippen molar-refractivity contribution in [3.63, 3.8) is 0 Å². The van der Waals surface area contributed by atoms with Gasteiger partial charge >= 0.3 is 5.97 Å². The lowest BCUT2D eigenvalue weighted by Crippen LogP contribution is -2.18. The van der Waals surface area contributed by atoms with E-state index in [1.165, 1.54) is 0 Å². The number of aromatic amines is 1. The number of rotatable bonds is 10. The van der Waals surface area contributed by atoms with Crippen LogP contribution in [0.1, 0.15) is 39.8 Å². The summed E-state index contributed by atoms with van der Waals surface area (Å²) in [7, 11) is 0. The summed E-state index contributed by atoms with van der Waals surface area (Å²) in [5.41, 5.74) is 2.98. The summed E-state index contributed by atoms with van der Waals surface area (Å²) in [5.74, 6) is -0.609. The van der Waals surface area contributed by atoms with E-state index in [4.69, 9.17) is 21.4 Å². The van der Waals surface area contributed by atoms with Crippen molar-refractivity contribution in [3.8, 4) is 11.1 Å². The summed E-state index contributed by atoms with van der Waals surface area (Å²) < 4.78 is 5.04. The molecule has 9 heteroatoms. The second kappa shape index (κ2) is 10.6. The van der Waals surface area contributed by atoms with Crippen LogP contribution in [-0.2, 0) is 31.1 Å². The summed E-state index contributed by atoms with van der Waals surface area (Å²) in [6, 6.07) is 3.31. The van der Waals surface area contributed by atoms with Crippen molar-refractivity contribution in [2.45, 2.75) is 33.3 Å². The van der Waals surface area contributed by atoms with Crippen LogP contribution in [0.25, 0.3) is 11.1 Å². The molecule has 0 fully saturated rings. The van der Waals surface area contributed by atoms with Crippen LogP contribution in [0.15, 0.2) is 12.1 Å². The minimum absolute atomic E-state index is 0.0593. The van der Waals surface area contributed by atoms with Gasteiger partial charge in [-0.15, -0.1) is 0 Å². The molecular formula is C19H25ClN2O6. The maximum absolute atomic E-state index is 12.2. The molecule has 8 nitrogen and oxygen atoms in total. The van der Waals surface area contributed by atoms with Crippen LogP contribution in [0, 0.1) is 0 Å². The van der Waals surface area contributed by atoms with E-state index in [2.05, 4.69) is 10.3 Å². The third-order valence-corrected chi connectivity index (χ3v) is 4.75. The molecule has 0 aliphatic rings. The standard InChI is InChI=1S/C19H25ClN2O6/c1-2-28-19(27)18-17(20)16(15(22-18)7-21-5-6-23)12-4-3-11(8-24)13(9-25)14(12)10-26/h3-4,21-26H,2,5-10H2,1H3. The first kappa shape index (κ1) is 22.4. The molecule has 0 saturated carbocycles. The highest BCUT2D eigenvalue weighted by atomic mass is 35.5. The van der Waals surface area contributed by atoms with Gasteiger partial charge in [-0.1, -0.05) is 23.7 Å². The Morgan fingerprint density at radius 3 is 2.43 bits per heavy atom. The van der Waals surface area contributed by atoms with Gasteiger partial charge in [-0.05, 0) is 29.2 Å². The highest BCUT2D eigenvalue weighted by molar-refractivity contribution is 6.36. The van der Waals surface area contributed by atoms with Gasteiger partial charge in [0, 0.05) is 24.3 Å². The Hall–Kier alpha value is -1.94. The first-order valence-corrected chi connectivity index (χ1v) is 9.27. The van der Waals surface area contributed by atoms with E-state index in [0.717, 1.165) is 0 Å². The lowest BCUT2D eigenvalue weighted by Gasteiger charge is -2.16. The number of hydrogen-bond acceptors (Lipinski definition) is 7. The van der Waals surface area contributed by atoms with E-state index < -0.39 is 12.6 Å². The van der Waals surface area contributed by atoms with Gasteiger partial charge in [-0.2, -0.15) is 0 Å². The molecular weight excluding hydrogens is 388 g/mol. The quantitative estimate of drug-likeness (QED) is 0.254. The molecule has 0 spiro atoms. The van der Waals surface area contributed by atoms with Gasteiger partial charge in [0.2, 0.25) is 0 Å². The Labute approximate surface area is 167 Å². The zero-order chi connectivity index (χ0) is 20.7. The number of aromatic nitrogens is 1. The largest absolute Gasteiger partial charge is 0.461 e. The SMILES string of the molecule is CCOC(=O)c1[nH]c(CNCCO)c(-c2ccc(CO)c(CO)c2CO)c1Cl. The number of aliphatic hydroxyl groups is 4.